The fourth-order valence-corrected chi connectivity index (χ4v) is 3.14. The molecule has 1 unspecified atom stereocenters. The first-order valence-corrected chi connectivity index (χ1v) is 7.46. The molecular formula is C17H23NO3. The molecule has 1 aromatic carbocycles. The number of aryl methyl sites for hydroxylation is 1. The Morgan fingerprint density at radius 2 is 2.00 bits per heavy atom. The highest BCUT2D eigenvalue weighted by Gasteiger charge is 2.37. The molecule has 1 aliphatic carbocycles. The first-order valence-electron chi connectivity index (χ1n) is 7.46. The molecule has 0 bridgehead atoms. The number of hydrogen-bond donors (Lipinski definition) is 2. The molecule has 0 saturated heterocycles. The van der Waals surface area contributed by atoms with Crippen molar-refractivity contribution in [2.75, 3.05) is 5.32 Å². The molecule has 1 aliphatic rings. The fraction of sp³-hybridized carbons (Fsp3) is 0.529. The zero-order valence-corrected chi connectivity index (χ0v) is 12.9. The summed E-state index contributed by atoms with van der Waals surface area (Å²) in [4.78, 5) is 23.8. The molecular weight excluding hydrogens is 266 g/mol. The van der Waals surface area contributed by atoms with Crippen LogP contribution in [0.15, 0.2) is 18.2 Å². The lowest BCUT2D eigenvalue weighted by Crippen LogP contribution is -2.37. The van der Waals surface area contributed by atoms with Gasteiger partial charge >= 0.3 is 5.97 Å². The Balaban J connectivity index is 2.22. The Morgan fingerprint density at radius 3 is 2.62 bits per heavy atom. The number of aromatic carboxylic acids is 1. The minimum absolute atomic E-state index is 0.0313. The van der Waals surface area contributed by atoms with E-state index >= 15 is 0 Å². The standard InChI is InChI=1S/C17H23NO3/c1-11-7-8-14(12(10-11)16(20)21)18-15(19)13-6-4-5-9-17(13,2)3/h7-8,10,13H,4-6,9H2,1-3H3,(H,18,19)(H,20,21). The lowest BCUT2D eigenvalue weighted by atomic mass is 9.68. The van der Waals surface area contributed by atoms with Gasteiger partial charge in [0.1, 0.15) is 0 Å². The summed E-state index contributed by atoms with van der Waals surface area (Å²) in [6.07, 6.45) is 4.11. The Kier molecular flexibility index (Phi) is 4.35. The number of carbonyl (C=O) groups is 2. The van der Waals surface area contributed by atoms with Crippen LogP contribution in [0.25, 0.3) is 0 Å². The monoisotopic (exact) mass is 289 g/mol. The second-order valence-corrected chi connectivity index (χ2v) is 6.63. The van der Waals surface area contributed by atoms with Crippen LogP contribution in [0.3, 0.4) is 0 Å². The van der Waals surface area contributed by atoms with Gasteiger partial charge in [-0.3, -0.25) is 4.79 Å². The van der Waals surface area contributed by atoms with E-state index in [-0.39, 0.29) is 22.8 Å². The van der Waals surface area contributed by atoms with E-state index in [0.717, 1.165) is 31.2 Å². The number of nitrogens with one attached hydrogen (secondary N) is 1. The molecule has 0 aliphatic heterocycles. The molecule has 4 heteroatoms. The van der Waals surface area contributed by atoms with Crippen LogP contribution in [-0.4, -0.2) is 17.0 Å². The van der Waals surface area contributed by atoms with E-state index < -0.39 is 5.97 Å². The largest absolute Gasteiger partial charge is 0.478 e. The first kappa shape index (κ1) is 15.5. The van der Waals surface area contributed by atoms with Crippen LogP contribution in [0.1, 0.15) is 55.5 Å². The van der Waals surface area contributed by atoms with Crippen molar-refractivity contribution in [3.05, 3.63) is 29.3 Å². The summed E-state index contributed by atoms with van der Waals surface area (Å²) in [7, 11) is 0. The van der Waals surface area contributed by atoms with Gasteiger partial charge < -0.3 is 10.4 Å². The topological polar surface area (TPSA) is 66.4 Å². The zero-order chi connectivity index (χ0) is 15.6. The molecule has 0 spiro atoms. The van der Waals surface area contributed by atoms with Crippen LogP contribution < -0.4 is 5.32 Å². The SMILES string of the molecule is Cc1ccc(NC(=O)C2CCCCC2(C)C)c(C(=O)O)c1. The quantitative estimate of drug-likeness (QED) is 0.888. The molecule has 1 fully saturated rings. The zero-order valence-electron chi connectivity index (χ0n) is 12.9. The lowest BCUT2D eigenvalue weighted by molar-refractivity contribution is -0.124. The summed E-state index contributed by atoms with van der Waals surface area (Å²) in [6.45, 7) is 6.07. The van der Waals surface area contributed by atoms with E-state index in [2.05, 4.69) is 19.2 Å². The van der Waals surface area contributed by atoms with Crippen molar-refractivity contribution < 1.29 is 14.7 Å². The predicted molar refractivity (Wildman–Crippen MR) is 82.5 cm³/mol. The normalized spacial score (nSPS) is 20.8. The molecule has 2 N–H and O–H groups in total. The van der Waals surface area contributed by atoms with Crippen molar-refractivity contribution in [1.29, 1.82) is 0 Å². The van der Waals surface area contributed by atoms with Crippen molar-refractivity contribution in [2.24, 2.45) is 11.3 Å². The fourth-order valence-electron chi connectivity index (χ4n) is 3.14. The van der Waals surface area contributed by atoms with E-state index in [1.165, 1.54) is 0 Å². The van der Waals surface area contributed by atoms with Crippen LogP contribution in [0.5, 0.6) is 0 Å². The van der Waals surface area contributed by atoms with Crippen LogP contribution >= 0.6 is 0 Å². The van der Waals surface area contributed by atoms with Crippen molar-refractivity contribution >= 4 is 17.6 Å². The van der Waals surface area contributed by atoms with Gasteiger partial charge in [-0.15, -0.1) is 0 Å². The molecule has 1 saturated carbocycles. The minimum atomic E-state index is -1.02. The third-order valence-electron chi connectivity index (χ3n) is 4.49. The van der Waals surface area contributed by atoms with E-state index in [1.54, 1.807) is 12.1 Å². The summed E-state index contributed by atoms with van der Waals surface area (Å²) < 4.78 is 0. The van der Waals surface area contributed by atoms with Gasteiger partial charge in [-0.1, -0.05) is 38.3 Å². The Morgan fingerprint density at radius 1 is 1.29 bits per heavy atom. The summed E-state index contributed by atoms with van der Waals surface area (Å²) in [5.41, 5.74) is 1.37. The summed E-state index contributed by atoms with van der Waals surface area (Å²) >= 11 is 0. The summed E-state index contributed by atoms with van der Waals surface area (Å²) in [5.74, 6) is -1.14. The molecule has 0 heterocycles. The number of rotatable bonds is 3. The number of carbonyl (C=O) groups excluding carboxylic acids is 1. The van der Waals surface area contributed by atoms with Crippen molar-refractivity contribution in [3.8, 4) is 0 Å². The molecule has 2 rings (SSSR count). The van der Waals surface area contributed by atoms with Crippen LogP contribution in [0.4, 0.5) is 5.69 Å². The molecule has 21 heavy (non-hydrogen) atoms. The van der Waals surface area contributed by atoms with E-state index in [0.29, 0.717) is 5.69 Å². The molecule has 4 nitrogen and oxygen atoms in total. The average molecular weight is 289 g/mol. The number of carboxylic acids is 1. The van der Waals surface area contributed by atoms with E-state index in [1.807, 2.05) is 13.0 Å². The summed E-state index contributed by atoms with van der Waals surface area (Å²) in [6, 6.07) is 5.07. The van der Waals surface area contributed by atoms with Crippen molar-refractivity contribution in [2.45, 2.75) is 46.5 Å². The highest BCUT2D eigenvalue weighted by molar-refractivity contribution is 6.01. The Hall–Kier alpha value is -1.84. The highest BCUT2D eigenvalue weighted by atomic mass is 16.4. The molecule has 1 atom stereocenters. The lowest BCUT2D eigenvalue weighted by Gasteiger charge is -2.37. The van der Waals surface area contributed by atoms with Gasteiger partial charge in [0, 0.05) is 5.92 Å². The van der Waals surface area contributed by atoms with Crippen molar-refractivity contribution in [1.82, 2.24) is 0 Å². The van der Waals surface area contributed by atoms with Gasteiger partial charge in [0.2, 0.25) is 5.91 Å². The van der Waals surface area contributed by atoms with Crippen LogP contribution in [0.2, 0.25) is 0 Å². The maximum atomic E-state index is 12.5. The molecule has 1 aromatic rings. The first-order chi connectivity index (χ1) is 9.81. The molecule has 1 amide bonds. The summed E-state index contributed by atoms with van der Waals surface area (Å²) in [5, 5.41) is 12.1. The molecule has 0 aromatic heterocycles. The van der Waals surface area contributed by atoms with E-state index in [9.17, 15) is 14.7 Å². The Bertz CT molecular complexity index is 563. The second kappa shape index (κ2) is 5.88. The van der Waals surface area contributed by atoms with Gasteiger partial charge in [-0.25, -0.2) is 4.79 Å². The number of anilines is 1. The molecule has 114 valence electrons. The number of benzene rings is 1. The van der Waals surface area contributed by atoms with Gasteiger partial charge in [-0.2, -0.15) is 0 Å². The maximum absolute atomic E-state index is 12.5. The third kappa shape index (κ3) is 3.43. The number of carboxylic acid groups (broad SMARTS) is 1. The minimum Gasteiger partial charge on any atom is -0.478 e. The third-order valence-corrected chi connectivity index (χ3v) is 4.49. The van der Waals surface area contributed by atoms with E-state index in [4.69, 9.17) is 0 Å². The van der Waals surface area contributed by atoms with Crippen LogP contribution in [0, 0.1) is 18.3 Å². The highest BCUT2D eigenvalue weighted by Crippen LogP contribution is 2.41. The average Bonchev–Trinajstić information content (AvgIpc) is 2.39. The van der Waals surface area contributed by atoms with Gasteiger partial charge in [0.05, 0.1) is 11.3 Å². The maximum Gasteiger partial charge on any atom is 0.337 e. The molecule has 0 radical (unpaired) electrons. The smallest absolute Gasteiger partial charge is 0.337 e. The van der Waals surface area contributed by atoms with Crippen LogP contribution in [-0.2, 0) is 4.79 Å². The number of hydrogen-bond acceptors (Lipinski definition) is 2. The van der Waals surface area contributed by atoms with Gasteiger partial charge in [0.15, 0.2) is 0 Å². The van der Waals surface area contributed by atoms with Gasteiger partial charge in [0.25, 0.3) is 0 Å². The number of amides is 1. The second-order valence-electron chi connectivity index (χ2n) is 6.63. The van der Waals surface area contributed by atoms with Crippen molar-refractivity contribution in [3.63, 3.8) is 0 Å². The van der Waals surface area contributed by atoms with Gasteiger partial charge in [-0.05, 0) is 37.3 Å². The predicted octanol–water partition coefficient (Wildman–Crippen LogP) is 3.85. The Labute approximate surface area is 125 Å².